The molecule has 0 aliphatic carbocycles. The van der Waals surface area contributed by atoms with Gasteiger partial charge in [-0.15, -0.1) is 0 Å². The molecule has 1 atom stereocenters. The van der Waals surface area contributed by atoms with Gasteiger partial charge in [0.05, 0.1) is 0 Å². The molecule has 0 N–H and O–H groups in total. The van der Waals surface area contributed by atoms with Crippen LogP contribution in [0.3, 0.4) is 0 Å². The van der Waals surface area contributed by atoms with E-state index in [2.05, 4.69) is 0 Å². The second-order valence-corrected chi connectivity index (χ2v) is 2.00. The molecule has 1 unspecified atom stereocenters. The summed E-state index contributed by atoms with van der Waals surface area (Å²) >= 11 is 0.588. The van der Waals surface area contributed by atoms with Crippen LogP contribution in [-0.4, -0.2) is 39.6 Å². The molecule has 0 aromatic heterocycles. The summed E-state index contributed by atoms with van der Waals surface area (Å²) in [5.41, 5.74) is 0. The van der Waals surface area contributed by atoms with Gasteiger partial charge in [0, 0.05) is 0 Å². The molecule has 0 rings (SSSR count). The van der Waals surface area contributed by atoms with Crippen molar-refractivity contribution in [3.63, 3.8) is 0 Å². The van der Waals surface area contributed by atoms with Crippen LogP contribution in [0, 0.1) is 0 Å². The Morgan fingerprint density at radius 2 is 2.17 bits per heavy atom. The number of hydrogen-bond donors (Lipinski definition) is 0. The predicted octanol–water partition coefficient (Wildman–Crippen LogP) is 0.0789. The van der Waals surface area contributed by atoms with Crippen molar-refractivity contribution in [2.75, 3.05) is 7.11 Å². The summed E-state index contributed by atoms with van der Waals surface area (Å²) in [6.45, 7) is 1.88. The normalized spacial score (nSPS) is 14.2. The van der Waals surface area contributed by atoms with Crippen LogP contribution >= 0.6 is 0 Å². The van der Waals surface area contributed by atoms with Gasteiger partial charge in [0.15, 0.2) is 0 Å². The van der Waals surface area contributed by atoms with Crippen LogP contribution in [0.4, 0.5) is 0 Å². The van der Waals surface area contributed by atoms with Crippen LogP contribution in [0.15, 0.2) is 0 Å². The zero-order valence-corrected chi connectivity index (χ0v) is 8.46. The minimum absolute atomic E-state index is 0.00926. The SMILES string of the molecule is COC(C)[O][Tl]. The molecular formula is C3H7O2Tl. The Labute approximate surface area is 54.2 Å². The third kappa shape index (κ3) is 3.05. The first kappa shape index (κ1) is 6.84. The summed E-state index contributed by atoms with van der Waals surface area (Å²) in [5.74, 6) is 0. The fourth-order valence-electron chi connectivity index (χ4n) is 0.0556. The van der Waals surface area contributed by atoms with Crippen LogP contribution in [0.2, 0.25) is 0 Å². The van der Waals surface area contributed by atoms with Gasteiger partial charge in [-0.3, -0.25) is 0 Å². The topological polar surface area (TPSA) is 18.5 Å². The summed E-state index contributed by atoms with van der Waals surface area (Å²) in [7, 11) is 1.63. The van der Waals surface area contributed by atoms with E-state index < -0.39 is 0 Å². The van der Waals surface area contributed by atoms with E-state index in [-0.39, 0.29) is 6.29 Å². The third-order valence-electron chi connectivity index (χ3n) is 0.524. The van der Waals surface area contributed by atoms with Gasteiger partial charge < -0.3 is 0 Å². The van der Waals surface area contributed by atoms with Crippen molar-refractivity contribution in [2.24, 2.45) is 0 Å². The maximum absolute atomic E-state index is 4.84. The third-order valence-corrected chi connectivity index (χ3v) is 2.01. The van der Waals surface area contributed by atoms with Crippen molar-refractivity contribution in [1.82, 2.24) is 0 Å². The summed E-state index contributed by atoms with van der Waals surface area (Å²) in [6.07, 6.45) is 0.00926. The van der Waals surface area contributed by atoms with Crippen LogP contribution in [0.1, 0.15) is 6.92 Å². The Morgan fingerprint density at radius 1 is 1.67 bits per heavy atom. The van der Waals surface area contributed by atoms with Gasteiger partial charge in [0.2, 0.25) is 0 Å². The maximum atomic E-state index is 4.84. The first-order valence-corrected chi connectivity index (χ1v) is 3.53. The van der Waals surface area contributed by atoms with Crippen molar-refractivity contribution in [3.8, 4) is 0 Å². The molecule has 0 saturated carbocycles. The molecule has 0 saturated heterocycles. The number of rotatable bonds is 2. The van der Waals surface area contributed by atoms with E-state index in [0.29, 0.717) is 26.2 Å². The van der Waals surface area contributed by atoms with Crippen molar-refractivity contribution < 1.29 is 7.42 Å². The van der Waals surface area contributed by atoms with E-state index >= 15 is 0 Å². The molecule has 0 amide bonds. The summed E-state index contributed by atoms with van der Waals surface area (Å²) in [6, 6.07) is 0. The van der Waals surface area contributed by atoms with Crippen LogP contribution < -0.4 is 0 Å². The monoisotopic (exact) mass is 280 g/mol. The van der Waals surface area contributed by atoms with Crippen molar-refractivity contribution in [1.29, 1.82) is 0 Å². The van der Waals surface area contributed by atoms with E-state index in [9.17, 15) is 0 Å². The molecule has 0 aliphatic rings. The van der Waals surface area contributed by atoms with Gasteiger partial charge in [0.1, 0.15) is 0 Å². The molecule has 34 valence electrons. The molecule has 0 spiro atoms. The molecule has 3 heteroatoms. The van der Waals surface area contributed by atoms with Gasteiger partial charge in [-0.2, -0.15) is 0 Å². The first-order chi connectivity index (χ1) is 2.81. The first-order valence-electron chi connectivity index (χ1n) is 1.69. The predicted molar refractivity (Wildman–Crippen MR) is 23.3 cm³/mol. The molecule has 0 aromatic carbocycles. The Balaban J connectivity index is 2.75. The number of ether oxygens (including phenoxy) is 1. The standard InChI is InChI=1S/C3H7O2.Tl/c1-3(4)5-2;/h3H,1-2H3;/q-1;+1. The van der Waals surface area contributed by atoms with Gasteiger partial charge in [-0.1, -0.05) is 0 Å². The van der Waals surface area contributed by atoms with E-state index in [1.54, 1.807) is 7.11 Å². The molecule has 6 heavy (non-hydrogen) atoms. The Morgan fingerprint density at radius 3 is 2.17 bits per heavy atom. The second kappa shape index (κ2) is 4.01. The van der Waals surface area contributed by atoms with E-state index in [4.69, 9.17) is 7.42 Å². The molecule has 0 fully saturated rings. The van der Waals surface area contributed by atoms with Crippen LogP contribution in [-0.2, 0) is 7.42 Å². The number of hydrogen-bond acceptors (Lipinski definition) is 2. The minimum atomic E-state index is 0.00926. The molecule has 0 aromatic rings. The second-order valence-electron chi connectivity index (χ2n) is 0.939. The van der Waals surface area contributed by atoms with E-state index in [0.717, 1.165) is 0 Å². The fourth-order valence-corrected chi connectivity index (χ4v) is 0.487. The van der Waals surface area contributed by atoms with E-state index in [1.165, 1.54) is 0 Å². The van der Waals surface area contributed by atoms with Gasteiger partial charge >= 0.3 is 54.0 Å². The zero-order valence-electron chi connectivity index (χ0n) is 3.97. The van der Waals surface area contributed by atoms with Crippen molar-refractivity contribution in [2.45, 2.75) is 13.2 Å². The summed E-state index contributed by atoms with van der Waals surface area (Å²) in [4.78, 5) is 0. The Bertz CT molecular complexity index is 28.0. The van der Waals surface area contributed by atoms with Crippen molar-refractivity contribution in [3.05, 3.63) is 0 Å². The number of methoxy groups -OCH3 is 1. The molecular weight excluding hydrogens is 272 g/mol. The fraction of sp³-hybridized carbons (Fsp3) is 1.00. The van der Waals surface area contributed by atoms with Crippen molar-refractivity contribution >= 4 is 26.2 Å². The quantitative estimate of drug-likeness (QED) is 0.526. The Hall–Kier alpha value is 0.842. The van der Waals surface area contributed by atoms with Gasteiger partial charge in [-0.25, -0.2) is 0 Å². The van der Waals surface area contributed by atoms with Crippen LogP contribution in [0.5, 0.6) is 0 Å². The molecule has 0 bridgehead atoms. The zero-order chi connectivity index (χ0) is 4.99. The Kier molecular flexibility index (Phi) is 4.58. The summed E-state index contributed by atoms with van der Waals surface area (Å²) in [5, 5.41) is 0. The van der Waals surface area contributed by atoms with Gasteiger partial charge in [0.25, 0.3) is 0 Å². The van der Waals surface area contributed by atoms with E-state index in [1.807, 2.05) is 6.92 Å². The molecule has 0 heterocycles. The molecule has 0 radical (unpaired) electrons. The van der Waals surface area contributed by atoms with Crippen LogP contribution in [0.25, 0.3) is 0 Å². The molecule has 2 nitrogen and oxygen atoms in total. The average molecular weight is 279 g/mol. The average Bonchev–Trinajstić information content (AvgIpc) is 1.65. The summed E-state index contributed by atoms with van der Waals surface area (Å²) < 4.78 is 9.56. The molecule has 0 aliphatic heterocycles. The van der Waals surface area contributed by atoms with Gasteiger partial charge in [-0.05, 0) is 0 Å².